The molecule has 0 amide bonds. The van der Waals surface area contributed by atoms with E-state index in [9.17, 15) is 8.42 Å². The first-order valence-corrected chi connectivity index (χ1v) is 9.33. The summed E-state index contributed by atoms with van der Waals surface area (Å²) in [5.74, 6) is 0.794. The van der Waals surface area contributed by atoms with E-state index in [0.717, 1.165) is 22.4 Å². The zero-order valence-electron chi connectivity index (χ0n) is 13.4. The molecule has 0 spiro atoms. The summed E-state index contributed by atoms with van der Waals surface area (Å²) in [5.41, 5.74) is 2.75. The van der Waals surface area contributed by atoms with Gasteiger partial charge in [-0.3, -0.25) is 0 Å². The molecule has 2 aromatic rings. The Kier molecular flexibility index (Phi) is 4.41. The molecule has 2 aromatic carbocycles. The molecular formula is C18H21NO3S. The second-order valence-corrected chi connectivity index (χ2v) is 7.98. The van der Waals surface area contributed by atoms with Crippen molar-refractivity contribution >= 4 is 10.0 Å². The Morgan fingerprint density at radius 3 is 2.61 bits per heavy atom. The molecule has 23 heavy (non-hydrogen) atoms. The van der Waals surface area contributed by atoms with Gasteiger partial charge in [-0.1, -0.05) is 42.5 Å². The molecule has 0 radical (unpaired) electrons. The van der Waals surface area contributed by atoms with Gasteiger partial charge in [0.25, 0.3) is 0 Å². The fourth-order valence-electron chi connectivity index (χ4n) is 2.82. The highest BCUT2D eigenvalue weighted by atomic mass is 32.2. The molecule has 0 aromatic heterocycles. The van der Waals surface area contributed by atoms with Crippen LogP contribution in [0, 0.1) is 6.92 Å². The summed E-state index contributed by atoms with van der Waals surface area (Å²) in [4.78, 5) is 0. The van der Waals surface area contributed by atoms with Crippen molar-refractivity contribution in [3.8, 4) is 5.75 Å². The summed E-state index contributed by atoms with van der Waals surface area (Å²) < 4.78 is 33.2. The maximum absolute atomic E-state index is 12.9. The van der Waals surface area contributed by atoms with Crippen molar-refractivity contribution < 1.29 is 13.2 Å². The molecule has 0 bridgehead atoms. The van der Waals surface area contributed by atoms with Crippen molar-refractivity contribution in [3.63, 3.8) is 0 Å². The van der Waals surface area contributed by atoms with Gasteiger partial charge >= 0.3 is 0 Å². The largest absolute Gasteiger partial charge is 0.489 e. The highest BCUT2D eigenvalue weighted by molar-refractivity contribution is 7.88. The molecule has 0 fully saturated rings. The first-order valence-electron chi connectivity index (χ1n) is 7.72. The summed E-state index contributed by atoms with van der Waals surface area (Å²) in [6, 6.07) is 15.2. The summed E-state index contributed by atoms with van der Waals surface area (Å²) >= 11 is 0. The van der Waals surface area contributed by atoms with Crippen LogP contribution in [0.2, 0.25) is 0 Å². The van der Waals surface area contributed by atoms with Crippen LogP contribution in [0.4, 0.5) is 0 Å². The Hall–Kier alpha value is -1.85. The number of hydrogen-bond donors (Lipinski definition) is 0. The average molecular weight is 331 g/mol. The number of hydrogen-bond acceptors (Lipinski definition) is 3. The minimum atomic E-state index is -3.40. The van der Waals surface area contributed by atoms with E-state index in [4.69, 9.17) is 4.74 Å². The molecule has 0 aliphatic carbocycles. The highest BCUT2D eigenvalue weighted by Crippen LogP contribution is 2.27. The second kappa shape index (κ2) is 6.34. The summed E-state index contributed by atoms with van der Waals surface area (Å²) in [6.07, 6.45) is -0.176. The molecule has 5 heteroatoms. The number of sulfonamides is 1. The third-order valence-corrected chi connectivity index (χ3v) is 5.84. The van der Waals surface area contributed by atoms with Gasteiger partial charge in [-0.05, 0) is 31.0 Å². The van der Waals surface area contributed by atoms with E-state index in [0.29, 0.717) is 13.1 Å². The van der Waals surface area contributed by atoms with Gasteiger partial charge in [0, 0.05) is 12.1 Å². The zero-order chi connectivity index (χ0) is 16.4. The topological polar surface area (TPSA) is 46.6 Å². The van der Waals surface area contributed by atoms with Crippen molar-refractivity contribution in [3.05, 3.63) is 65.2 Å². The zero-order valence-corrected chi connectivity index (χ0v) is 14.2. The van der Waals surface area contributed by atoms with Crippen molar-refractivity contribution in [2.75, 3.05) is 6.54 Å². The molecular weight excluding hydrogens is 310 g/mol. The quantitative estimate of drug-likeness (QED) is 0.868. The van der Waals surface area contributed by atoms with E-state index in [1.807, 2.05) is 62.4 Å². The Morgan fingerprint density at radius 1 is 1.13 bits per heavy atom. The number of aryl methyl sites for hydroxylation is 1. The minimum absolute atomic E-state index is 0.0224. The Morgan fingerprint density at radius 2 is 1.83 bits per heavy atom. The van der Waals surface area contributed by atoms with Crippen LogP contribution in [0.15, 0.2) is 48.5 Å². The molecule has 0 N–H and O–H groups in total. The van der Waals surface area contributed by atoms with Gasteiger partial charge in [-0.15, -0.1) is 0 Å². The van der Waals surface area contributed by atoms with Crippen LogP contribution in [0.3, 0.4) is 0 Å². The van der Waals surface area contributed by atoms with Gasteiger partial charge in [0.05, 0.1) is 12.3 Å². The number of ether oxygens (including phenoxy) is 1. The van der Waals surface area contributed by atoms with E-state index >= 15 is 0 Å². The SMILES string of the molecule is Cc1ccccc1CS(=O)(=O)N1Cc2ccccc2OC(C)C1. The second-order valence-electron chi connectivity index (χ2n) is 6.01. The molecule has 1 unspecified atom stereocenters. The van der Waals surface area contributed by atoms with Crippen LogP contribution in [0.25, 0.3) is 0 Å². The number of rotatable bonds is 3. The van der Waals surface area contributed by atoms with Crippen LogP contribution in [0.1, 0.15) is 23.6 Å². The van der Waals surface area contributed by atoms with E-state index < -0.39 is 10.0 Å². The Labute approximate surface area is 137 Å². The fourth-order valence-corrected chi connectivity index (χ4v) is 4.49. The monoisotopic (exact) mass is 331 g/mol. The van der Waals surface area contributed by atoms with Gasteiger partial charge < -0.3 is 4.74 Å². The van der Waals surface area contributed by atoms with Crippen LogP contribution >= 0.6 is 0 Å². The van der Waals surface area contributed by atoms with Crippen LogP contribution in [-0.4, -0.2) is 25.4 Å². The minimum Gasteiger partial charge on any atom is -0.489 e. The Bertz CT molecular complexity index is 801. The standard InChI is InChI=1S/C18H21NO3S/c1-14-7-3-4-9-17(14)13-23(20,21)19-11-15(2)22-18-10-6-5-8-16(18)12-19/h3-10,15H,11-13H2,1-2H3. The first-order chi connectivity index (χ1) is 11.0. The first kappa shape index (κ1) is 16.0. The molecule has 3 rings (SSSR count). The number of para-hydroxylation sites is 1. The smallest absolute Gasteiger partial charge is 0.218 e. The normalized spacial score (nSPS) is 18.8. The lowest BCUT2D eigenvalue weighted by Gasteiger charge is -2.22. The lowest BCUT2D eigenvalue weighted by Crippen LogP contribution is -2.36. The van der Waals surface area contributed by atoms with E-state index in [1.165, 1.54) is 4.31 Å². The predicted molar refractivity (Wildman–Crippen MR) is 90.7 cm³/mol. The van der Waals surface area contributed by atoms with Crippen molar-refractivity contribution in [1.29, 1.82) is 0 Å². The van der Waals surface area contributed by atoms with Gasteiger partial charge in [0.15, 0.2) is 0 Å². The summed E-state index contributed by atoms with van der Waals surface area (Å²) in [7, 11) is -3.40. The summed E-state index contributed by atoms with van der Waals surface area (Å²) in [5, 5.41) is 0. The van der Waals surface area contributed by atoms with Crippen molar-refractivity contribution in [2.24, 2.45) is 0 Å². The Balaban J connectivity index is 1.89. The van der Waals surface area contributed by atoms with E-state index in [-0.39, 0.29) is 11.9 Å². The highest BCUT2D eigenvalue weighted by Gasteiger charge is 2.29. The molecule has 1 heterocycles. The average Bonchev–Trinajstić information content (AvgIpc) is 2.68. The van der Waals surface area contributed by atoms with E-state index in [1.54, 1.807) is 0 Å². The van der Waals surface area contributed by atoms with Crippen LogP contribution < -0.4 is 4.74 Å². The number of fused-ring (bicyclic) bond motifs is 1. The third-order valence-electron chi connectivity index (χ3n) is 4.10. The van der Waals surface area contributed by atoms with Gasteiger partial charge in [-0.25, -0.2) is 8.42 Å². The molecule has 1 atom stereocenters. The van der Waals surface area contributed by atoms with Crippen LogP contribution in [0.5, 0.6) is 5.75 Å². The van der Waals surface area contributed by atoms with Gasteiger partial charge in [0.2, 0.25) is 10.0 Å². The maximum atomic E-state index is 12.9. The number of benzene rings is 2. The summed E-state index contributed by atoms with van der Waals surface area (Å²) in [6.45, 7) is 4.56. The fraction of sp³-hybridized carbons (Fsp3) is 0.333. The lowest BCUT2D eigenvalue weighted by atomic mass is 10.1. The molecule has 122 valence electrons. The third kappa shape index (κ3) is 3.57. The van der Waals surface area contributed by atoms with Crippen molar-refractivity contribution in [1.82, 2.24) is 4.31 Å². The number of nitrogens with zero attached hydrogens (tertiary/aromatic N) is 1. The van der Waals surface area contributed by atoms with Gasteiger partial charge in [0.1, 0.15) is 11.9 Å². The molecule has 1 aliphatic heterocycles. The van der Waals surface area contributed by atoms with Crippen molar-refractivity contribution in [2.45, 2.75) is 32.2 Å². The maximum Gasteiger partial charge on any atom is 0.218 e. The van der Waals surface area contributed by atoms with Crippen LogP contribution in [-0.2, 0) is 22.3 Å². The predicted octanol–water partition coefficient (Wildman–Crippen LogP) is 3.11. The van der Waals surface area contributed by atoms with E-state index in [2.05, 4.69) is 0 Å². The molecule has 1 aliphatic rings. The molecule has 0 saturated carbocycles. The van der Waals surface area contributed by atoms with Gasteiger partial charge in [-0.2, -0.15) is 4.31 Å². The lowest BCUT2D eigenvalue weighted by molar-refractivity contribution is 0.201. The molecule has 4 nitrogen and oxygen atoms in total. The molecule has 0 saturated heterocycles.